The molecule has 0 saturated heterocycles. The van der Waals surface area contributed by atoms with E-state index in [1.165, 1.54) is 0 Å². The average molecular weight is 276 g/mol. The third-order valence-electron chi connectivity index (χ3n) is 3.15. The highest BCUT2D eigenvalue weighted by Crippen LogP contribution is 2.21. The van der Waals surface area contributed by atoms with E-state index in [4.69, 9.17) is 26.1 Å². The molecule has 1 heterocycles. The predicted molar refractivity (Wildman–Crippen MR) is 78.2 cm³/mol. The van der Waals surface area contributed by atoms with Gasteiger partial charge in [-0.2, -0.15) is 0 Å². The van der Waals surface area contributed by atoms with E-state index in [-0.39, 0.29) is 0 Å². The molecule has 1 aliphatic carbocycles. The molecule has 3 nitrogen and oxygen atoms in total. The van der Waals surface area contributed by atoms with E-state index in [2.05, 4.69) is 13.2 Å². The minimum Gasteiger partial charge on any atom is -0.501 e. The maximum atomic E-state index is 5.68. The molecule has 0 amide bonds. The number of methoxy groups -OCH3 is 2. The van der Waals surface area contributed by atoms with Gasteiger partial charge in [0.15, 0.2) is 4.71 Å². The summed E-state index contributed by atoms with van der Waals surface area (Å²) in [7, 11) is 3.22. The molecule has 100 valence electrons. The van der Waals surface area contributed by atoms with Crippen molar-refractivity contribution < 1.29 is 13.9 Å². The van der Waals surface area contributed by atoms with Gasteiger partial charge in [0.1, 0.15) is 11.5 Å². The zero-order valence-corrected chi connectivity index (χ0v) is 11.9. The summed E-state index contributed by atoms with van der Waals surface area (Å²) in [4.78, 5) is 0. The Balaban J connectivity index is 2.69. The van der Waals surface area contributed by atoms with Gasteiger partial charge in [-0.25, -0.2) is 0 Å². The normalized spacial score (nSPS) is 14.6. The molecule has 1 aromatic heterocycles. The molecule has 1 aliphatic rings. The first-order valence-corrected chi connectivity index (χ1v) is 6.31. The Morgan fingerprint density at radius 2 is 2.16 bits per heavy atom. The van der Waals surface area contributed by atoms with E-state index >= 15 is 0 Å². The highest BCUT2D eigenvalue weighted by molar-refractivity contribution is 7.71. The minimum absolute atomic E-state index is 0.385. The maximum Gasteiger partial charge on any atom is 0.198 e. The van der Waals surface area contributed by atoms with Crippen molar-refractivity contribution in [1.29, 1.82) is 0 Å². The molecule has 0 aliphatic heterocycles. The number of ether oxygens (including phenoxy) is 2. The average Bonchev–Trinajstić information content (AvgIpc) is 2.42. The molecular weight excluding hydrogens is 260 g/mol. The van der Waals surface area contributed by atoms with E-state index in [1.54, 1.807) is 20.3 Å². The van der Waals surface area contributed by atoms with Crippen LogP contribution in [0.15, 0.2) is 22.5 Å². The molecular formula is C15H16O3S. The number of rotatable bonds is 3. The Morgan fingerprint density at radius 1 is 1.42 bits per heavy atom. The number of hydrogen-bond acceptors (Lipinski definition) is 4. The zero-order chi connectivity index (χ0) is 14.0. The van der Waals surface area contributed by atoms with Crippen molar-refractivity contribution in [2.75, 3.05) is 14.2 Å². The topological polar surface area (TPSA) is 31.6 Å². The van der Waals surface area contributed by atoms with Crippen LogP contribution in [0.3, 0.4) is 0 Å². The Bertz CT molecular complexity index is 710. The highest BCUT2D eigenvalue weighted by Gasteiger charge is 2.14. The monoisotopic (exact) mass is 276 g/mol. The number of hydrogen-bond donors (Lipinski definition) is 0. The van der Waals surface area contributed by atoms with Crippen LogP contribution in [0.1, 0.15) is 17.7 Å². The van der Waals surface area contributed by atoms with Crippen LogP contribution in [0.4, 0.5) is 0 Å². The molecule has 0 N–H and O–H groups in total. The summed E-state index contributed by atoms with van der Waals surface area (Å²) >= 11 is 5.26. The summed E-state index contributed by atoms with van der Waals surface area (Å²) in [6, 6.07) is 0. The van der Waals surface area contributed by atoms with Crippen molar-refractivity contribution >= 4 is 30.9 Å². The summed E-state index contributed by atoms with van der Waals surface area (Å²) in [6.45, 7) is 7.87. The van der Waals surface area contributed by atoms with Crippen molar-refractivity contribution in [3.63, 3.8) is 0 Å². The molecule has 1 aromatic rings. The van der Waals surface area contributed by atoms with Crippen LogP contribution in [0.25, 0.3) is 18.7 Å². The van der Waals surface area contributed by atoms with Gasteiger partial charge in [0.2, 0.25) is 0 Å². The van der Waals surface area contributed by atoms with Crippen molar-refractivity contribution in [1.82, 2.24) is 0 Å². The fourth-order valence-electron chi connectivity index (χ4n) is 2.04. The summed E-state index contributed by atoms with van der Waals surface area (Å²) in [5.41, 5.74) is 1.06. The van der Waals surface area contributed by atoms with E-state index in [9.17, 15) is 0 Å². The summed E-state index contributed by atoms with van der Waals surface area (Å²) in [5.74, 6) is 2.15. The van der Waals surface area contributed by atoms with Gasteiger partial charge in [0.25, 0.3) is 0 Å². The molecule has 0 unspecified atom stereocenters. The SMILES string of the molecule is C=C(/C=c1/c(=S)oc2c(c1=C)CCC(OC)=C2)OC. The lowest BCUT2D eigenvalue weighted by atomic mass is 9.99. The smallest absolute Gasteiger partial charge is 0.198 e. The van der Waals surface area contributed by atoms with Crippen LogP contribution in [0, 0.1) is 4.71 Å². The Hall–Kier alpha value is -1.81. The van der Waals surface area contributed by atoms with Crippen LogP contribution >= 0.6 is 12.2 Å². The van der Waals surface area contributed by atoms with E-state index < -0.39 is 0 Å². The number of fused-ring (bicyclic) bond motifs is 1. The standard InChI is InChI=1S/C15H16O3S/c1-9(16-3)7-13-10(2)12-6-5-11(17-4)8-14(12)18-15(13)19/h7-8H,1-2,5-6H2,3-4H3/b13-7+. The Labute approximate surface area is 117 Å². The van der Waals surface area contributed by atoms with E-state index in [1.807, 2.05) is 6.08 Å². The Kier molecular flexibility index (Phi) is 3.90. The lowest BCUT2D eigenvalue weighted by molar-refractivity contribution is 0.277. The molecule has 2 rings (SSSR count). The fraction of sp³-hybridized carbons (Fsp3) is 0.267. The third kappa shape index (κ3) is 2.63. The number of allylic oxidation sites excluding steroid dienone is 2. The van der Waals surface area contributed by atoms with Crippen LogP contribution in [-0.2, 0) is 15.9 Å². The van der Waals surface area contributed by atoms with Gasteiger partial charge in [0.05, 0.1) is 20.0 Å². The second-order valence-electron chi connectivity index (χ2n) is 4.25. The highest BCUT2D eigenvalue weighted by atomic mass is 32.1. The molecule has 0 bridgehead atoms. The first-order chi connectivity index (χ1) is 9.06. The summed E-state index contributed by atoms with van der Waals surface area (Å²) < 4.78 is 16.4. The van der Waals surface area contributed by atoms with Gasteiger partial charge in [-0.15, -0.1) is 0 Å². The van der Waals surface area contributed by atoms with Crippen LogP contribution in [0.2, 0.25) is 0 Å². The van der Waals surface area contributed by atoms with Crippen molar-refractivity contribution in [2.45, 2.75) is 12.8 Å². The maximum absolute atomic E-state index is 5.68. The van der Waals surface area contributed by atoms with Gasteiger partial charge in [0, 0.05) is 23.3 Å². The molecule has 0 atom stereocenters. The lowest BCUT2D eigenvalue weighted by Crippen LogP contribution is -2.30. The second kappa shape index (κ2) is 5.45. The molecule has 0 saturated carbocycles. The van der Waals surface area contributed by atoms with Gasteiger partial charge >= 0.3 is 0 Å². The molecule has 19 heavy (non-hydrogen) atoms. The van der Waals surface area contributed by atoms with Gasteiger partial charge < -0.3 is 13.9 Å². The minimum atomic E-state index is 0.385. The Morgan fingerprint density at radius 3 is 2.79 bits per heavy atom. The van der Waals surface area contributed by atoms with Gasteiger partial charge in [-0.05, 0) is 29.9 Å². The first-order valence-electron chi connectivity index (χ1n) is 5.91. The van der Waals surface area contributed by atoms with E-state index in [0.29, 0.717) is 10.5 Å². The fourth-order valence-corrected chi connectivity index (χ4v) is 2.31. The zero-order valence-electron chi connectivity index (χ0n) is 11.1. The second-order valence-corrected chi connectivity index (χ2v) is 4.62. The first kappa shape index (κ1) is 13.6. The lowest BCUT2D eigenvalue weighted by Gasteiger charge is -2.15. The van der Waals surface area contributed by atoms with E-state index in [0.717, 1.165) is 40.4 Å². The van der Waals surface area contributed by atoms with Crippen molar-refractivity contribution in [3.05, 3.63) is 44.6 Å². The molecule has 0 aromatic carbocycles. The van der Waals surface area contributed by atoms with Crippen molar-refractivity contribution in [3.8, 4) is 0 Å². The quantitative estimate of drug-likeness (QED) is 0.626. The summed E-state index contributed by atoms with van der Waals surface area (Å²) in [5, 5.41) is 1.63. The molecule has 0 spiro atoms. The van der Waals surface area contributed by atoms with Crippen LogP contribution in [0.5, 0.6) is 0 Å². The molecule has 4 heteroatoms. The van der Waals surface area contributed by atoms with Crippen LogP contribution < -0.4 is 10.4 Å². The largest absolute Gasteiger partial charge is 0.501 e. The summed E-state index contributed by atoms with van der Waals surface area (Å²) in [6.07, 6.45) is 5.29. The molecule has 0 fully saturated rings. The third-order valence-corrected chi connectivity index (χ3v) is 3.46. The van der Waals surface area contributed by atoms with Gasteiger partial charge in [-0.3, -0.25) is 0 Å². The molecule has 0 radical (unpaired) electrons. The van der Waals surface area contributed by atoms with Crippen molar-refractivity contribution in [2.24, 2.45) is 0 Å². The van der Waals surface area contributed by atoms with Crippen LogP contribution in [-0.4, -0.2) is 14.2 Å². The van der Waals surface area contributed by atoms with Gasteiger partial charge in [-0.1, -0.05) is 13.2 Å². The predicted octanol–water partition coefficient (Wildman–Crippen LogP) is 2.29.